The summed E-state index contributed by atoms with van der Waals surface area (Å²) in [5.41, 5.74) is 2.25. The van der Waals surface area contributed by atoms with Crippen molar-refractivity contribution in [3.8, 4) is 11.6 Å². The van der Waals surface area contributed by atoms with Crippen molar-refractivity contribution in [1.29, 1.82) is 0 Å². The van der Waals surface area contributed by atoms with E-state index in [-0.39, 0.29) is 17.2 Å². The molecule has 1 aliphatic rings. The third-order valence-electron chi connectivity index (χ3n) is 4.65. The van der Waals surface area contributed by atoms with E-state index < -0.39 is 0 Å². The fraction of sp³-hybridized carbons (Fsp3) is 0.316. The quantitative estimate of drug-likeness (QED) is 0.659. The Morgan fingerprint density at radius 3 is 2.85 bits per heavy atom. The fourth-order valence-corrected chi connectivity index (χ4v) is 4.21. The molecular weight excluding hydrogens is 348 g/mol. The predicted octanol–water partition coefficient (Wildman–Crippen LogP) is 3.53. The maximum absolute atomic E-state index is 13.1. The average Bonchev–Trinajstić information content (AvgIpc) is 3.33. The minimum atomic E-state index is -0.268. The molecule has 4 rings (SSSR count). The van der Waals surface area contributed by atoms with E-state index in [1.54, 1.807) is 6.26 Å². The predicted molar refractivity (Wildman–Crippen MR) is 101 cm³/mol. The topological polar surface area (TPSA) is 64.2 Å². The molecule has 6 nitrogen and oxygen atoms in total. The molecule has 26 heavy (non-hydrogen) atoms. The molecule has 0 saturated carbocycles. The Morgan fingerprint density at radius 1 is 1.27 bits per heavy atom. The number of benzene rings is 1. The van der Waals surface area contributed by atoms with Crippen LogP contribution in [-0.2, 0) is 18.3 Å². The van der Waals surface area contributed by atoms with E-state index in [1.165, 1.54) is 17.3 Å². The molecule has 1 amide bonds. The fourth-order valence-electron chi connectivity index (χ4n) is 3.34. The Hall–Kier alpha value is -2.54. The van der Waals surface area contributed by atoms with Crippen LogP contribution >= 0.6 is 11.8 Å². The summed E-state index contributed by atoms with van der Waals surface area (Å²) in [6, 6.07) is 11.9. The Morgan fingerprint density at radius 2 is 2.08 bits per heavy atom. The van der Waals surface area contributed by atoms with Gasteiger partial charge >= 0.3 is 0 Å². The summed E-state index contributed by atoms with van der Waals surface area (Å²) in [5.74, 6) is 1.40. The standard InChI is InChI=1S/C19H20N4O2S/c1-12-11-14-7-4-5-8-15(14)23(12)18(24)13(2)26-19-21-20-17(22(19)3)16-9-6-10-25-16/h4-10,12-13H,11H2,1-3H3. The van der Waals surface area contributed by atoms with Crippen molar-refractivity contribution in [3.05, 3.63) is 48.2 Å². The SMILES string of the molecule is CC(Sc1nnc(-c2ccco2)n1C)C(=O)N1c2ccccc2CC1C. The van der Waals surface area contributed by atoms with Gasteiger partial charge in [0.15, 0.2) is 16.7 Å². The number of aromatic nitrogens is 3. The van der Waals surface area contributed by atoms with Gasteiger partial charge in [-0.25, -0.2) is 0 Å². The molecule has 0 radical (unpaired) electrons. The number of carbonyl (C=O) groups is 1. The smallest absolute Gasteiger partial charge is 0.240 e. The molecule has 3 aromatic rings. The van der Waals surface area contributed by atoms with Gasteiger partial charge in [0.05, 0.1) is 11.5 Å². The molecule has 134 valence electrons. The lowest BCUT2D eigenvalue weighted by molar-refractivity contribution is -0.118. The summed E-state index contributed by atoms with van der Waals surface area (Å²) >= 11 is 1.42. The average molecular weight is 368 g/mol. The highest BCUT2D eigenvalue weighted by Gasteiger charge is 2.34. The van der Waals surface area contributed by atoms with E-state index in [0.29, 0.717) is 16.7 Å². The van der Waals surface area contributed by atoms with Gasteiger partial charge in [0.2, 0.25) is 5.91 Å². The van der Waals surface area contributed by atoms with Gasteiger partial charge in [-0.15, -0.1) is 10.2 Å². The molecule has 0 fully saturated rings. The molecule has 0 spiro atoms. The van der Waals surface area contributed by atoms with Crippen LogP contribution in [0.1, 0.15) is 19.4 Å². The first kappa shape index (κ1) is 16.9. The Kier molecular flexibility index (Phi) is 4.32. The zero-order chi connectivity index (χ0) is 18.3. The summed E-state index contributed by atoms with van der Waals surface area (Å²) in [4.78, 5) is 15.0. The first-order valence-corrected chi connectivity index (χ1v) is 9.45. The molecule has 2 unspecified atom stereocenters. The first-order valence-electron chi connectivity index (χ1n) is 8.57. The molecule has 1 aliphatic heterocycles. The third kappa shape index (κ3) is 2.82. The third-order valence-corrected chi connectivity index (χ3v) is 5.77. The van der Waals surface area contributed by atoms with Gasteiger partial charge in [0, 0.05) is 18.8 Å². The van der Waals surface area contributed by atoms with Crippen molar-refractivity contribution in [2.24, 2.45) is 7.05 Å². The number of hydrogen-bond donors (Lipinski definition) is 0. The highest BCUT2D eigenvalue weighted by Crippen LogP contribution is 2.35. The van der Waals surface area contributed by atoms with E-state index in [2.05, 4.69) is 23.2 Å². The molecule has 7 heteroatoms. The molecule has 0 aliphatic carbocycles. The van der Waals surface area contributed by atoms with Gasteiger partial charge in [0.1, 0.15) is 0 Å². The minimum absolute atomic E-state index is 0.0926. The zero-order valence-corrected chi connectivity index (χ0v) is 15.7. The van der Waals surface area contributed by atoms with Crippen LogP contribution in [0, 0.1) is 0 Å². The number of hydrogen-bond acceptors (Lipinski definition) is 5. The van der Waals surface area contributed by atoms with Crippen LogP contribution in [0.15, 0.2) is 52.2 Å². The molecule has 2 atom stereocenters. The minimum Gasteiger partial charge on any atom is -0.461 e. The molecule has 0 bridgehead atoms. The van der Waals surface area contributed by atoms with Gasteiger partial charge in [-0.1, -0.05) is 30.0 Å². The summed E-state index contributed by atoms with van der Waals surface area (Å²) in [6.45, 7) is 4.01. The largest absolute Gasteiger partial charge is 0.461 e. The van der Waals surface area contributed by atoms with Crippen LogP contribution in [-0.4, -0.2) is 32.0 Å². The first-order chi connectivity index (χ1) is 12.6. The van der Waals surface area contributed by atoms with Crippen molar-refractivity contribution < 1.29 is 9.21 Å². The van der Waals surface area contributed by atoms with Gasteiger partial charge in [-0.05, 0) is 44.0 Å². The number of nitrogens with zero attached hydrogens (tertiary/aromatic N) is 4. The Balaban J connectivity index is 1.54. The second kappa shape index (κ2) is 6.64. The Bertz CT molecular complexity index is 935. The van der Waals surface area contributed by atoms with Crippen molar-refractivity contribution in [2.45, 2.75) is 36.7 Å². The number of amides is 1. The van der Waals surface area contributed by atoms with Gasteiger partial charge in [-0.3, -0.25) is 4.79 Å². The number of thioether (sulfide) groups is 1. The lowest BCUT2D eigenvalue weighted by Gasteiger charge is -2.25. The van der Waals surface area contributed by atoms with Crippen molar-refractivity contribution in [1.82, 2.24) is 14.8 Å². The number of fused-ring (bicyclic) bond motifs is 1. The molecule has 2 aromatic heterocycles. The molecule has 3 heterocycles. The van der Waals surface area contributed by atoms with Crippen molar-refractivity contribution in [3.63, 3.8) is 0 Å². The lowest BCUT2D eigenvalue weighted by Crippen LogP contribution is -2.40. The van der Waals surface area contributed by atoms with E-state index in [0.717, 1.165) is 12.1 Å². The monoisotopic (exact) mass is 368 g/mol. The summed E-state index contributed by atoms with van der Waals surface area (Å²) in [6.07, 6.45) is 2.50. The van der Waals surface area contributed by atoms with Crippen LogP contribution in [0.4, 0.5) is 5.69 Å². The van der Waals surface area contributed by atoms with Crippen LogP contribution in [0.2, 0.25) is 0 Å². The van der Waals surface area contributed by atoms with E-state index in [1.807, 2.05) is 53.8 Å². The van der Waals surface area contributed by atoms with Crippen LogP contribution in [0.5, 0.6) is 0 Å². The second-order valence-corrected chi connectivity index (χ2v) is 7.80. The van der Waals surface area contributed by atoms with Gasteiger partial charge < -0.3 is 13.9 Å². The summed E-state index contributed by atoms with van der Waals surface area (Å²) in [5, 5.41) is 8.85. The number of rotatable bonds is 4. The highest BCUT2D eigenvalue weighted by atomic mass is 32.2. The summed E-state index contributed by atoms with van der Waals surface area (Å²) in [7, 11) is 1.88. The van der Waals surface area contributed by atoms with Crippen LogP contribution in [0.25, 0.3) is 11.6 Å². The van der Waals surface area contributed by atoms with Gasteiger partial charge in [0.25, 0.3) is 0 Å². The van der Waals surface area contributed by atoms with Crippen LogP contribution in [0.3, 0.4) is 0 Å². The number of anilines is 1. The lowest BCUT2D eigenvalue weighted by atomic mass is 10.1. The Labute approximate surface area is 156 Å². The number of carbonyl (C=O) groups excluding carboxylic acids is 1. The number of furan rings is 1. The summed E-state index contributed by atoms with van der Waals surface area (Å²) < 4.78 is 7.25. The second-order valence-electron chi connectivity index (χ2n) is 6.49. The zero-order valence-electron chi connectivity index (χ0n) is 14.9. The van der Waals surface area contributed by atoms with Crippen molar-refractivity contribution >= 4 is 23.4 Å². The molecule has 0 saturated heterocycles. The normalized spacial score (nSPS) is 17.3. The van der Waals surface area contributed by atoms with Crippen LogP contribution < -0.4 is 4.90 Å². The molecular formula is C19H20N4O2S. The molecule has 0 N–H and O–H groups in total. The van der Waals surface area contributed by atoms with E-state index in [9.17, 15) is 4.79 Å². The maximum atomic E-state index is 13.1. The highest BCUT2D eigenvalue weighted by molar-refractivity contribution is 8.00. The van der Waals surface area contributed by atoms with Gasteiger partial charge in [-0.2, -0.15) is 0 Å². The van der Waals surface area contributed by atoms with Crippen molar-refractivity contribution in [2.75, 3.05) is 4.90 Å². The number of para-hydroxylation sites is 1. The van der Waals surface area contributed by atoms with E-state index in [4.69, 9.17) is 4.42 Å². The molecule has 1 aromatic carbocycles. The van der Waals surface area contributed by atoms with E-state index >= 15 is 0 Å². The maximum Gasteiger partial charge on any atom is 0.240 e.